The number of aryl methyl sites for hydroxylation is 1. The van der Waals surface area contributed by atoms with E-state index in [1.165, 1.54) is 38.1 Å². The van der Waals surface area contributed by atoms with E-state index >= 15 is 0 Å². The van der Waals surface area contributed by atoms with Crippen molar-refractivity contribution in [3.05, 3.63) is 57.0 Å². The summed E-state index contributed by atoms with van der Waals surface area (Å²) < 4.78 is 14.5. The minimum atomic E-state index is -0.454. The maximum absolute atomic E-state index is 13.0. The molecule has 4 rings (SSSR count). The molecule has 0 aliphatic carbocycles. The molecule has 1 aromatic carbocycles. The highest BCUT2D eigenvalue weighted by Gasteiger charge is 2.29. The lowest BCUT2D eigenvalue weighted by molar-refractivity contribution is -0.132. The summed E-state index contributed by atoms with van der Waals surface area (Å²) in [5, 5.41) is -0.202. The molecule has 35 heavy (non-hydrogen) atoms. The Morgan fingerprint density at radius 1 is 1.20 bits per heavy atom. The number of carbonyl (C=O) groups excluding carboxylic acids is 2. The van der Waals surface area contributed by atoms with Gasteiger partial charge in [-0.1, -0.05) is 6.07 Å². The Kier molecular flexibility index (Phi) is 6.83. The van der Waals surface area contributed by atoms with Crippen LogP contribution >= 0.6 is 11.8 Å². The molecule has 3 heterocycles. The van der Waals surface area contributed by atoms with Crippen LogP contribution in [-0.4, -0.2) is 60.2 Å². The summed E-state index contributed by atoms with van der Waals surface area (Å²) in [6.45, 7) is 2.23. The average molecular weight is 500 g/mol. The fourth-order valence-corrected chi connectivity index (χ4v) is 5.15. The van der Waals surface area contributed by atoms with E-state index < -0.39 is 17.2 Å². The molecule has 2 aromatic heterocycles. The number of hydrogen-bond acceptors (Lipinski definition) is 8. The molecular weight excluding hydrogens is 474 g/mol. The Hall–Kier alpha value is -3.80. The third-order valence-corrected chi connectivity index (χ3v) is 6.91. The summed E-state index contributed by atoms with van der Waals surface area (Å²) in [5.41, 5.74) is 0.476. The van der Waals surface area contributed by atoms with E-state index in [4.69, 9.17) is 9.47 Å². The SMILES string of the molecule is COc1cc(C=CC(=O)N2CCSC2Cn2cnc3c2c(=O)n(C)c(=O)n3C)ccc1OC(C)=O. The van der Waals surface area contributed by atoms with E-state index in [0.29, 0.717) is 41.3 Å². The number of carbonyl (C=O) groups is 2. The standard InChI is InChI=1S/C23H25N5O6S/c1-14(29)34-16-7-5-15(11-17(16)33-4)6-8-18(30)28-9-10-35-19(28)12-27-13-24-21-20(27)22(31)26(3)23(32)25(21)2/h5-8,11,13,19H,9-10,12H2,1-4H3. The van der Waals surface area contributed by atoms with E-state index in [2.05, 4.69) is 4.98 Å². The van der Waals surface area contributed by atoms with Crippen molar-refractivity contribution in [2.24, 2.45) is 14.1 Å². The van der Waals surface area contributed by atoms with Crippen LogP contribution in [-0.2, 0) is 30.2 Å². The number of fused-ring (bicyclic) bond motifs is 1. The Labute approximate surface area is 204 Å². The van der Waals surface area contributed by atoms with Crippen molar-refractivity contribution in [1.29, 1.82) is 0 Å². The van der Waals surface area contributed by atoms with Gasteiger partial charge in [0.1, 0.15) is 0 Å². The molecule has 1 saturated heterocycles. The van der Waals surface area contributed by atoms with Crippen LogP contribution in [0.3, 0.4) is 0 Å². The summed E-state index contributed by atoms with van der Waals surface area (Å²) >= 11 is 1.62. The largest absolute Gasteiger partial charge is 0.493 e. The van der Waals surface area contributed by atoms with Crippen LogP contribution in [0.4, 0.5) is 0 Å². The number of thioether (sulfide) groups is 1. The lowest BCUT2D eigenvalue weighted by Crippen LogP contribution is -2.39. The molecule has 1 aliphatic heterocycles. The van der Waals surface area contributed by atoms with Crippen molar-refractivity contribution in [2.75, 3.05) is 19.4 Å². The van der Waals surface area contributed by atoms with Crippen molar-refractivity contribution < 1.29 is 19.1 Å². The van der Waals surface area contributed by atoms with Crippen LogP contribution in [0.1, 0.15) is 12.5 Å². The first-order chi connectivity index (χ1) is 16.7. The fraction of sp³-hybridized carbons (Fsp3) is 0.348. The zero-order valence-corrected chi connectivity index (χ0v) is 20.6. The Bertz CT molecular complexity index is 1450. The number of ether oxygens (including phenoxy) is 2. The average Bonchev–Trinajstić information content (AvgIpc) is 3.47. The van der Waals surface area contributed by atoms with Crippen LogP contribution in [0, 0.1) is 0 Å². The molecule has 11 nitrogen and oxygen atoms in total. The molecule has 12 heteroatoms. The number of nitrogens with zero attached hydrogens (tertiary/aromatic N) is 5. The zero-order valence-electron chi connectivity index (χ0n) is 19.8. The minimum Gasteiger partial charge on any atom is -0.493 e. The third-order valence-electron chi connectivity index (χ3n) is 5.70. The van der Waals surface area contributed by atoms with Gasteiger partial charge in [0.2, 0.25) is 5.91 Å². The van der Waals surface area contributed by atoms with Gasteiger partial charge in [-0.15, -0.1) is 11.8 Å². The van der Waals surface area contributed by atoms with Gasteiger partial charge in [-0.2, -0.15) is 0 Å². The van der Waals surface area contributed by atoms with Gasteiger partial charge in [-0.25, -0.2) is 9.78 Å². The predicted octanol–water partition coefficient (Wildman–Crippen LogP) is 0.982. The molecular formula is C23H25N5O6S. The first-order valence-corrected chi connectivity index (χ1v) is 11.8. The second-order valence-corrected chi connectivity index (χ2v) is 9.25. The van der Waals surface area contributed by atoms with Crippen LogP contribution in [0.15, 0.2) is 40.2 Å². The molecule has 184 valence electrons. The highest BCUT2D eigenvalue weighted by molar-refractivity contribution is 8.00. The molecule has 1 aliphatic rings. The number of benzene rings is 1. The van der Waals surface area contributed by atoms with Crippen molar-refractivity contribution in [2.45, 2.75) is 18.8 Å². The van der Waals surface area contributed by atoms with E-state index in [9.17, 15) is 19.2 Å². The summed E-state index contributed by atoms with van der Waals surface area (Å²) in [7, 11) is 4.47. The topological polar surface area (TPSA) is 118 Å². The summed E-state index contributed by atoms with van der Waals surface area (Å²) in [6.07, 6.45) is 4.67. The van der Waals surface area contributed by atoms with Crippen LogP contribution in [0.5, 0.6) is 11.5 Å². The summed E-state index contributed by atoms with van der Waals surface area (Å²) in [4.78, 5) is 55.1. The highest BCUT2D eigenvalue weighted by Crippen LogP contribution is 2.29. The summed E-state index contributed by atoms with van der Waals surface area (Å²) in [5.74, 6) is 0.819. The van der Waals surface area contributed by atoms with Gasteiger partial charge in [0, 0.05) is 39.4 Å². The number of rotatable bonds is 6. The maximum Gasteiger partial charge on any atom is 0.332 e. The Morgan fingerprint density at radius 3 is 2.69 bits per heavy atom. The second kappa shape index (κ2) is 9.82. The van der Waals surface area contributed by atoms with E-state index in [1.807, 2.05) is 0 Å². The van der Waals surface area contributed by atoms with Gasteiger partial charge >= 0.3 is 11.7 Å². The molecule has 0 saturated carbocycles. The van der Waals surface area contributed by atoms with Gasteiger partial charge in [0.25, 0.3) is 5.56 Å². The molecule has 0 N–H and O–H groups in total. The van der Waals surface area contributed by atoms with Gasteiger partial charge in [-0.3, -0.25) is 23.5 Å². The molecule has 0 spiro atoms. The smallest absolute Gasteiger partial charge is 0.332 e. The lowest BCUT2D eigenvalue weighted by atomic mass is 10.2. The van der Waals surface area contributed by atoms with E-state index in [0.717, 1.165) is 10.3 Å². The first-order valence-electron chi connectivity index (χ1n) is 10.8. The van der Waals surface area contributed by atoms with Gasteiger partial charge < -0.3 is 18.9 Å². The molecule has 0 radical (unpaired) electrons. The minimum absolute atomic E-state index is 0.173. The highest BCUT2D eigenvalue weighted by atomic mass is 32.2. The van der Waals surface area contributed by atoms with Crippen molar-refractivity contribution >= 4 is 40.9 Å². The zero-order chi connectivity index (χ0) is 25.3. The van der Waals surface area contributed by atoms with Crippen molar-refractivity contribution in [1.82, 2.24) is 23.6 Å². The molecule has 0 bridgehead atoms. The molecule has 1 amide bonds. The third kappa shape index (κ3) is 4.74. The first kappa shape index (κ1) is 24.3. The van der Waals surface area contributed by atoms with Crippen LogP contribution < -0.4 is 20.7 Å². The number of aromatic nitrogens is 4. The number of esters is 1. The van der Waals surface area contributed by atoms with E-state index in [-0.39, 0.29) is 11.3 Å². The normalized spacial score (nSPS) is 15.8. The molecule has 1 fully saturated rings. The fourth-order valence-electron chi connectivity index (χ4n) is 3.92. The quantitative estimate of drug-likeness (QED) is 0.280. The summed E-state index contributed by atoms with van der Waals surface area (Å²) in [6, 6.07) is 5.01. The lowest BCUT2D eigenvalue weighted by Gasteiger charge is -2.23. The van der Waals surface area contributed by atoms with Crippen LogP contribution in [0.25, 0.3) is 17.2 Å². The number of imidazole rings is 1. The molecule has 1 atom stereocenters. The van der Waals surface area contributed by atoms with Gasteiger partial charge in [-0.05, 0) is 23.8 Å². The number of methoxy groups -OCH3 is 1. The van der Waals surface area contributed by atoms with Gasteiger partial charge in [0.15, 0.2) is 22.7 Å². The molecule has 1 unspecified atom stereocenters. The predicted molar refractivity (Wildman–Crippen MR) is 132 cm³/mol. The second-order valence-electron chi connectivity index (χ2n) is 7.97. The van der Waals surface area contributed by atoms with Gasteiger partial charge in [0.05, 0.1) is 25.4 Å². The molecule has 3 aromatic rings. The number of amides is 1. The Balaban J connectivity index is 1.53. The van der Waals surface area contributed by atoms with Crippen molar-refractivity contribution in [3.63, 3.8) is 0 Å². The maximum atomic E-state index is 13.0. The van der Waals surface area contributed by atoms with E-state index in [1.54, 1.807) is 52.6 Å². The monoisotopic (exact) mass is 499 g/mol. The van der Waals surface area contributed by atoms with Crippen molar-refractivity contribution in [3.8, 4) is 11.5 Å². The van der Waals surface area contributed by atoms with Crippen LogP contribution in [0.2, 0.25) is 0 Å². The number of hydrogen-bond donors (Lipinski definition) is 0. The Morgan fingerprint density at radius 2 is 1.97 bits per heavy atom.